The zero-order chi connectivity index (χ0) is 19.4. The topological polar surface area (TPSA) is 52.1 Å². The molecular formula is C19H35FIN5O. The van der Waals surface area contributed by atoms with Crippen LogP contribution >= 0.6 is 24.0 Å². The molecule has 0 radical (unpaired) electrons. The quantitative estimate of drug-likeness (QED) is 0.213. The van der Waals surface area contributed by atoms with E-state index < -0.39 is 0 Å². The molecule has 0 aromatic heterocycles. The van der Waals surface area contributed by atoms with E-state index in [0.29, 0.717) is 6.54 Å². The predicted molar refractivity (Wildman–Crippen MR) is 122 cm³/mol. The Morgan fingerprint density at radius 1 is 1.15 bits per heavy atom. The summed E-state index contributed by atoms with van der Waals surface area (Å²) in [6, 6.07) is 6.78. The van der Waals surface area contributed by atoms with Crippen LogP contribution in [0.1, 0.15) is 18.0 Å². The molecule has 8 heteroatoms. The lowest BCUT2D eigenvalue weighted by Crippen LogP contribution is -2.44. The molecule has 0 heterocycles. The van der Waals surface area contributed by atoms with Gasteiger partial charge >= 0.3 is 0 Å². The van der Waals surface area contributed by atoms with Gasteiger partial charge in [-0.2, -0.15) is 0 Å². The molecule has 0 saturated heterocycles. The zero-order valence-corrected chi connectivity index (χ0v) is 19.5. The second-order valence-corrected chi connectivity index (χ2v) is 6.56. The van der Waals surface area contributed by atoms with Crippen molar-refractivity contribution >= 4 is 29.9 Å². The summed E-state index contributed by atoms with van der Waals surface area (Å²) in [6.45, 7) is 4.22. The van der Waals surface area contributed by atoms with Gasteiger partial charge in [-0.1, -0.05) is 12.1 Å². The minimum absolute atomic E-state index is 0. The summed E-state index contributed by atoms with van der Waals surface area (Å²) >= 11 is 0. The van der Waals surface area contributed by atoms with Crippen molar-refractivity contribution in [3.8, 4) is 0 Å². The average Bonchev–Trinajstić information content (AvgIpc) is 2.61. The van der Waals surface area contributed by atoms with Gasteiger partial charge in [-0.05, 0) is 45.3 Å². The minimum atomic E-state index is -0.216. The second-order valence-electron chi connectivity index (χ2n) is 6.56. The highest BCUT2D eigenvalue weighted by atomic mass is 127. The number of ether oxygens (including phenoxy) is 1. The Labute approximate surface area is 180 Å². The van der Waals surface area contributed by atoms with E-state index in [2.05, 4.69) is 32.5 Å². The van der Waals surface area contributed by atoms with Gasteiger partial charge in [-0.25, -0.2) is 4.39 Å². The summed E-state index contributed by atoms with van der Waals surface area (Å²) in [5.74, 6) is 0.551. The lowest BCUT2D eigenvalue weighted by Gasteiger charge is -2.26. The summed E-state index contributed by atoms with van der Waals surface area (Å²) in [4.78, 5) is 8.65. The monoisotopic (exact) mass is 495 g/mol. The van der Waals surface area contributed by atoms with Crippen LogP contribution in [0.25, 0.3) is 0 Å². The molecule has 0 aliphatic heterocycles. The lowest BCUT2D eigenvalue weighted by atomic mass is 10.1. The first-order chi connectivity index (χ1) is 12.5. The first kappa shape index (κ1) is 26.0. The Balaban J connectivity index is 0.00000676. The summed E-state index contributed by atoms with van der Waals surface area (Å²) in [6.07, 6.45) is 1.03. The predicted octanol–water partition coefficient (Wildman–Crippen LogP) is 2.18. The molecule has 2 N–H and O–H groups in total. The fourth-order valence-corrected chi connectivity index (χ4v) is 2.65. The molecule has 0 amide bonds. The van der Waals surface area contributed by atoms with Crippen molar-refractivity contribution in [2.75, 3.05) is 68.1 Å². The standard InChI is InChI=1S/C19H34FN5O.HI/c1-21-19(22-11-13-25(4)12-6-14-26-5)23-15-18(24(2)3)16-7-9-17(20)10-8-16;/h7-10,18H,6,11-15H2,1-5H3,(H2,21,22,23);1H. The van der Waals surface area contributed by atoms with Gasteiger partial charge in [0, 0.05) is 46.9 Å². The Kier molecular flexibility index (Phi) is 14.5. The molecule has 1 unspecified atom stereocenters. The summed E-state index contributed by atoms with van der Waals surface area (Å²) < 4.78 is 18.2. The van der Waals surface area contributed by atoms with Gasteiger partial charge in [0.1, 0.15) is 5.82 Å². The third-order valence-electron chi connectivity index (χ3n) is 4.24. The second kappa shape index (κ2) is 15.0. The van der Waals surface area contributed by atoms with E-state index in [4.69, 9.17) is 4.74 Å². The molecule has 0 spiro atoms. The van der Waals surface area contributed by atoms with Crippen molar-refractivity contribution in [2.24, 2.45) is 4.99 Å². The maximum absolute atomic E-state index is 13.2. The third-order valence-corrected chi connectivity index (χ3v) is 4.24. The molecule has 1 atom stereocenters. The van der Waals surface area contributed by atoms with Gasteiger partial charge in [-0.15, -0.1) is 24.0 Å². The SMILES string of the molecule is CN=C(NCCN(C)CCCOC)NCC(c1ccc(F)cc1)N(C)C.I. The molecule has 27 heavy (non-hydrogen) atoms. The normalized spacial score (nSPS) is 12.8. The van der Waals surface area contributed by atoms with E-state index in [9.17, 15) is 4.39 Å². The van der Waals surface area contributed by atoms with Crippen molar-refractivity contribution in [2.45, 2.75) is 12.5 Å². The van der Waals surface area contributed by atoms with E-state index in [0.717, 1.165) is 44.2 Å². The first-order valence-corrected chi connectivity index (χ1v) is 9.01. The van der Waals surface area contributed by atoms with E-state index >= 15 is 0 Å². The van der Waals surface area contributed by atoms with Crippen LogP contribution in [0.4, 0.5) is 4.39 Å². The maximum Gasteiger partial charge on any atom is 0.191 e. The van der Waals surface area contributed by atoms with Crippen LogP contribution in [0.15, 0.2) is 29.3 Å². The Bertz CT molecular complexity index is 527. The van der Waals surface area contributed by atoms with Gasteiger partial charge in [0.2, 0.25) is 0 Å². The average molecular weight is 495 g/mol. The van der Waals surface area contributed by atoms with Crippen LogP contribution in [0.2, 0.25) is 0 Å². The van der Waals surface area contributed by atoms with Crippen molar-refractivity contribution < 1.29 is 9.13 Å². The zero-order valence-electron chi connectivity index (χ0n) is 17.2. The van der Waals surface area contributed by atoms with E-state index in [1.807, 2.05) is 26.2 Å². The molecule has 0 aliphatic carbocycles. The van der Waals surface area contributed by atoms with Crippen molar-refractivity contribution in [1.29, 1.82) is 0 Å². The molecule has 0 bridgehead atoms. The van der Waals surface area contributed by atoms with Crippen LogP contribution < -0.4 is 10.6 Å². The molecular weight excluding hydrogens is 460 g/mol. The number of hydrogen-bond acceptors (Lipinski definition) is 4. The molecule has 0 aliphatic rings. The summed E-state index contributed by atoms with van der Waals surface area (Å²) in [7, 11) is 9.62. The number of nitrogens with zero attached hydrogens (tertiary/aromatic N) is 3. The van der Waals surface area contributed by atoms with Gasteiger partial charge < -0.3 is 25.2 Å². The maximum atomic E-state index is 13.2. The Morgan fingerprint density at radius 2 is 1.81 bits per heavy atom. The molecule has 1 aromatic rings. The van der Waals surface area contributed by atoms with E-state index in [1.54, 1.807) is 14.2 Å². The van der Waals surface area contributed by atoms with Crippen LogP contribution in [-0.2, 0) is 4.74 Å². The molecule has 6 nitrogen and oxygen atoms in total. The number of benzene rings is 1. The van der Waals surface area contributed by atoms with Gasteiger partial charge in [0.25, 0.3) is 0 Å². The van der Waals surface area contributed by atoms with Crippen LogP contribution in [-0.4, -0.2) is 83.8 Å². The number of rotatable bonds is 11. The minimum Gasteiger partial charge on any atom is -0.385 e. The first-order valence-electron chi connectivity index (χ1n) is 9.01. The van der Waals surface area contributed by atoms with Gasteiger partial charge in [0.05, 0.1) is 6.04 Å². The number of guanidine groups is 1. The summed E-state index contributed by atoms with van der Waals surface area (Å²) in [5, 5.41) is 6.69. The van der Waals surface area contributed by atoms with Crippen molar-refractivity contribution in [3.63, 3.8) is 0 Å². The number of aliphatic imine (C=N–C) groups is 1. The molecule has 0 fully saturated rings. The largest absolute Gasteiger partial charge is 0.385 e. The van der Waals surface area contributed by atoms with Gasteiger partial charge in [-0.3, -0.25) is 4.99 Å². The Morgan fingerprint density at radius 3 is 2.37 bits per heavy atom. The fourth-order valence-electron chi connectivity index (χ4n) is 2.65. The number of hydrogen-bond donors (Lipinski definition) is 2. The van der Waals surface area contributed by atoms with Crippen LogP contribution in [0.5, 0.6) is 0 Å². The highest BCUT2D eigenvalue weighted by Crippen LogP contribution is 2.17. The molecule has 0 saturated carbocycles. The van der Waals surface area contributed by atoms with Crippen molar-refractivity contribution in [1.82, 2.24) is 20.4 Å². The lowest BCUT2D eigenvalue weighted by molar-refractivity contribution is 0.180. The summed E-state index contributed by atoms with van der Waals surface area (Å²) in [5.41, 5.74) is 1.07. The van der Waals surface area contributed by atoms with E-state index in [-0.39, 0.29) is 35.8 Å². The third kappa shape index (κ3) is 10.8. The molecule has 156 valence electrons. The molecule has 1 aromatic carbocycles. The van der Waals surface area contributed by atoms with Crippen molar-refractivity contribution in [3.05, 3.63) is 35.6 Å². The number of halogens is 2. The van der Waals surface area contributed by atoms with Crippen LogP contribution in [0, 0.1) is 5.82 Å². The fraction of sp³-hybridized carbons (Fsp3) is 0.632. The van der Waals surface area contributed by atoms with Crippen LogP contribution in [0.3, 0.4) is 0 Å². The highest BCUT2D eigenvalue weighted by molar-refractivity contribution is 14.0. The Hall–Kier alpha value is -0.970. The number of likely N-dealkylation sites (N-methyl/N-ethyl adjacent to an activating group) is 2. The highest BCUT2D eigenvalue weighted by Gasteiger charge is 2.14. The van der Waals surface area contributed by atoms with Gasteiger partial charge in [0.15, 0.2) is 5.96 Å². The number of methoxy groups -OCH3 is 1. The number of nitrogens with one attached hydrogen (secondary N) is 2. The smallest absolute Gasteiger partial charge is 0.191 e. The van der Waals surface area contributed by atoms with E-state index in [1.165, 1.54) is 12.1 Å². The molecule has 1 rings (SSSR count).